The van der Waals surface area contributed by atoms with Crippen LogP contribution in [0.25, 0.3) is 0 Å². The Morgan fingerprint density at radius 1 is 1.45 bits per heavy atom. The molecule has 0 bridgehead atoms. The predicted octanol–water partition coefficient (Wildman–Crippen LogP) is 1.72. The first-order chi connectivity index (χ1) is 5.21. The molecular formula is C8H8ClNO. The van der Waals surface area contributed by atoms with E-state index in [1.54, 1.807) is 12.3 Å². The first-order valence-corrected chi connectivity index (χ1v) is 3.93. The molecule has 2 nitrogen and oxygen atoms in total. The van der Waals surface area contributed by atoms with E-state index in [0.29, 0.717) is 5.15 Å². The van der Waals surface area contributed by atoms with Gasteiger partial charge in [-0.05, 0) is 18.9 Å². The second-order valence-electron chi connectivity index (χ2n) is 2.90. The number of pyridine rings is 1. The molecule has 1 heterocycles. The number of aromatic nitrogens is 1. The quantitative estimate of drug-likeness (QED) is 0.650. The van der Waals surface area contributed by atoms with E-state index in [1.807, 2.05) is 6.07 Å². The Morgan fingerprint density at radius 2 is 2.18 bits per heavy atom. The zero-order chi connectivity index (χ0) is 7.90. The van der Waals surface area contributed by atoms with Crippen LogP contribution in [0.15, 0.2) is 18.3 Å². The summed E-state index contributed by atoms with van der Waals surface area (Å²) in [6, 6.07) is 3.52. The molecule has 0 radical (unpaired) electrons. The van der Waals surface area contributed by atoms with Crippen LogP contribution >= 0.6 is 11.6 Å². The summed E-state index contributed by atoms with van der Waals surface area (Å²) in [5.41, 5.74) is 0.291. The van der Waals surface area contributed by atoms with Gasteiger partial charge in [0.1, 0.15) is 5.15 Å². The summed E-state index contributed by atoms with van der Waals surface area (Å²) in [5, 5.41) is 10.1. The summed E-state index contributed by atoms with van der Waals surface area (Å²) in [4.78, 5) is 3.89. The van der Waals surface area contributed by atoms with Crippen molar-refractivity contribution in [3.05, 3.63) is 29.0 Å². The van der Waals surface area contributed by atoms with Crippen molar-refractivity contribution in [1.82, 2.24) is 4.98 Å². The third-order valence-corrected chi connectivity index (χ3v) is 2.21. The molecule has 1 saturated carbocycles. The Hall–Kier alpha value is -0.600. The Balaban J connectivity index is 2.33. The predicted molar refractivity (Wildman–Crippen MR) is 42.4 cm³/mol. The Labute approximate surface area is 69.8 Å². The van der Waals surface area contributed by atoms with Crippen LogP contribution in [0.4, 0.5) is 0 Å². The molecule has 11 heavy (non-hydrogen) atoms. The summed E-state index contributed by atoms with van der Waals surface area (Å²) >= 11 is 5.59. The van der Waals surface area contributed by atoms with Crippen LogP contribution in [0.3, 0.4) is 0 Å². The Morgan fingerprint density at radius 3 is 2.64 bits per heavy atom. The standard InChI is InChI=1S/C8H8ClNO/c9-7-2-1-6(5-10-7)8(11)3-4-8/h1-2,5,11H,3-4H2. The minimum absolute atomic E-state index is 0.470. The first kappa shape index (κ1) is 7.07. The van der Waals surface area contributed by atoms with E-state index in [-0.39, 0.29) is 0 Å². The van der Waals surface area contributed by atoms with Gasteiger partial charge in [0.05, 0.1) is 5.60 Å². The van der Waals surface area contributed by atoms with Crippen LogP contribution in [-0.4, -0.2) is 10.1 Å². The highest BCUT2D eigenvalue weighted by Crippen LogP contribution is 2.44. The number of aliphatic hydroxyl groups is 1. The zero-order valence-corrected chi connectivity index (χ0v) is 6.67. The maximum atomic E-state index is 9.61. The molecule has 1 fully saturated rings. The largest absolute Gasteiger partial charge is 0.385 e. The van der Waals surface area contributed by atoms with E-state index in [0.717, 1.165) is 18.4 Å². The van der Waals surface area contributed by atoms with Gasteiger partial charge >= 0.3 is 0 Å². The molecule has 0 aromatic carbocycles. The SMILES string of the molecule is OC1(c2ccc(Cl)nc2)CC1. The molecule has 3 heteroatoms. The molecule has 0 atom stereocenters. The summed E-state index contributed by atoms with van der Waals surface area (Å²) < 4.78 is 0. The molecule has 58 valence electrons. The molecule has 0 spiro atoms. The third kappa shape index (κ3) is 1.24. The summed E-state index contributed by atoms with van der Waals surface area (Å²) in [6.45, 7) is 0. The number of nitrogens with zero attached hydrogens (tertiary/aromatic N) is 1. The van der Waals surface area contributed by atoms with Gasteiger partial charge in [0.2, 0.25) is 0 Å². The van der Waals surface area contributed by atoms with E-state index in [1.165, 1.54) is 0 Å². The fourth-order valence-electron chi connectivity index (χ4n) is 1.06. The highest BCUT2D eigenvalue weighted by atomic mass is 35.5. The Kier molecular flexibility index (Phi) is 1.41. The monoisotopic (exact) mass is 169 g/mol. The number of halogens is 1. The van der Waals surface area contributed by atoms with Crippen LogP contribution in [0.2, 0.25) is 5.15 Å². The van der Waals surface area contributed by atoms with Crippen LogP contribution in [0, 0.1) is 0 Å². The lowest BCUT2D eigenvalue weighted by Gasteiger charge is -2.05. The van der Waals surface area contributed by atoms with E-state index >= 15 is 0 Å². The summed E-state index contributed by atoms with van der Waals surface area (Å²) in [5.74, 6) is 0. The zero-order valence-electron chi connectivity index (χ0n) is 5.92. The van der Waals surface area contributed by atoms with Gasteiger partial charge in [0, 0.05) is 11.8 Å². The highest BCUT2D eigenvalue weighted by Gasteiger charge is 2.42. The number of hydrogen-bond acceptors (Lipinski definition) is 2. The van der Waals surface area contributed by atoms with Gasteiger partial charge in [-0.15, -0.1) is 0 Å². The molecule has 0 saturated heterocycles. The molecule has 2 rings (SSSR count). The fourth-order valence-corrected chi connectivity index (χ4v) is 1.17. The maximum absolute atomic E-state index is 9.61. The van der Waals surface area contributed by atoms with Crippen LogP contribution in [0.5, 0.6) is 0 Å². The van der Waals surface area contributed by atoms with Crippen LogP contribution < -0.4 is 0 Å². The van der Waals surface area contributed by atoms with Gasteiger partial charge in [-0.25, -0.2) is 4.98 Å². The Bertz CT molecular complexity index is 266. The van der Waals surface area contributed by atoms with E-state index in [9.17, 15) is 5.11 Å². The van der Waals surface area contributed by atoms with Crippen molar-refractivity contribution in [3.8, 4) is 0 Å². The van der Waals surface area contributed by atoms with Crippen molar-refractivity contribution in [2.24, 2.45) is 0 Å². The van der Waals surface area contributed by atoms with Gasteiger partial charge in [-0.2, -0.15) is 0 Å². The van der Waals surface area contributed by atoms with Gasteiger partial charge in [-0.3, -0.25) is 0 Å². The number of hydrogen-bond donors (Lipinski definition) is 1. The van der Waals surface area contributed by atoms with Gasteiger partial charge in [0.15, 0.2) is 0 Å². The van der Waals surface area contributed by atoms with Crippen molar-refractivity contribution >= 4 is 11.6 Å². The lowest BCUT2D eigenvalue weighted by Crippen LogP contribution is -2.03. The summed E-state index contributed by atoms with van der Waals surface area (Å²) in [7, 11) is 0. The van der Waals surface area contributed by atoms with Gasteiger partial charge in [-0.1, -0.05) is 17.7 Å². The maximum Gasteiger partial charge on any atom is 0.129 e. The minimum atomic E-state index is -0.586. The van der Waals surface area contributed by atoms with E-state index in [4.69, 9.17) is 11.6 Å². The average molecular weight is 170 g/mol. The van der Waals surface area contributed by atoms with Crippen molar-refractivity contribution < 1.29 is 5.11 Å². The molecular weight excluding hydrogens is 162 g/mol. The molecule has 0 aliphatic heterocycles. The smallest absolute Gasteiger partial charge is 0.129 e. The summed E-state index contributed by atoms with van der Waals surface area (Å²) in [6.07, 6.45) is 3.32. The van der Waals surface area contributed by atoms with Crippen LogP contribution in [0.1, 0.15) is 18.4 Å². The number of rotatable bonds is 1. The molecule has 0 unspecified atom stereocenters. The van der Waals surface area contributed by atoms with Gasteiger partial charge < -0.3 is 5.11 Å². The van der Waals surface area contributed by atoms with Crippen LogP contribution in [-0.2, 0) is 5.60 Å². The normalized spacial score (nSPS) is 19.8. The molecule has 1 N–H and O–H groups in total. The minimum Gasteiger partial charge on any atom is -0.385 e. The molecule has 1 aromatic heterocycles. The molecule has 0 amide bonds. The second-order valence-corrected chi connectivity index (χ2v) is 3.29. The van der Waals surface area contributed by atoms with Crippen molar-refractivity contribution in [2.45, 2.75) is 18.4 Å². The topological polar surface area (TPSA) is 33.1 Å². The lowest BCUT2D eigenvalue weighted by atomic mass is 10.1. The average Bonchev–Trinajstić information content (AvgIpc) is 2.70. The highest BCUT2D eigenvalue weighted by molar-refractivity contribution is 6.29. The van der Waals surface area contributed by atoms with E-state index in [2.05, 4.69) is 4.98 Å². The van der Waals surface area contributed by atoms with Crippen molar-refractivity contribution in [3.63, 3.8) is 0 Å². The third-order valence-electron chi connectivity index (χ3n) is 1.99. The molecule has 1 aliphatic rings. The van der Waals surface area contributed by atoms with Gasteiger partial charge in [0.25, 0.3) is 0 Å². The first-order valence-electron chi connectivity index (χ1n) is 3.55. The second kappa shape index (κ2) is 2.19. The molecule has 1 aromatic rings. The van der Waals surface area contributed by atoms with Crippen molar-refractivity contribution in [2.75, 3.05) is 0 Å². The fraction of sp³-hybridized carbons (Fsp3) is 0.375. The lowest BCUT2D eigenvalue weighted by molar-refractivity contribution is 0.151. The molecule has 1 aliphatic carbocycles. The van der Waals surface area contributed by atoms with E-state index < -0.39 is 5.60 Å². The van der Waals surface area contributed by atoms with Crippen molar-refractivity contribution in [1.29, 1.82) is 0 Å².